The molecule has 1 fully saturated rings. The van der Waals surface area contributed by atoms with Crippen molar-refractivity contribution in [3.8, 4) is 0 Å². The lowest BCUT2D eigenvalue weighted by Gasteiger charge is -2.26. The molecule has 28 heavy (non-hydrogen) atoms. The first-order chi connectivity index (χ1) is 13.4. The van der Waals surface area contributed by atoms with Crippen molar-refractivity contribution in [3.63, 3.8) is 0 Å². The van der Waals surface area contributed by atoms with E-state index in [9.17, 15) is 13.2 Å². The van der Waals surface area contributed by atoms with Gasteiger partial charge in [-0.25, -0.2) is 8.42 Å². The SMILES string of the molecule is O=C(c1cc2cc(NS(=O)(=O)c3ccc(Br)cc3)ccc2s1)N1CCOCC1. The number of nitrogens with one attached hydrogen (secondary N) is 1. The quantitative estimate of drug-likeness (QED) is 0.613. The van der Waals surface area contributed by atoms with Gasteiger partial charge in [-0.15, -0.1) is 11.3 Å². The number of sulfonamides is 1. The maximum absolute atomic E-state index is 12.7. The van der Waals surface area contributed by atoms with Gasteiger partial charge >= 0.3 is 0 Å². The Morgan fingerprint density at radius 2 is 1.79 bits per heavy atom. The molecule has 0 atom stereocenters. The zero-order valence-corrected chi connectivity index (χ0v) is 17.9. The first-order valence-electron chi connectivity index (χ1n) is 8.61. The summed E-state index contributed by atoms with van der Waals surface area (Å²) < 4.78 is 34.8. The number of morpholine rings is 1. The van der Waals surface area contributed by atoms with Crippen molar-refractivity contribution < 1.29 is 17.9 Å². The standard InChI is InChI=1S/C19H17BrN2O4S2/c20-14-1-4-16(5-2-14)28(24,25)21-15-3-6-17-13(11-15)12-18(27-17)19(23)22-7-9-26-10-8-22/h1-6,11-12,21H,7-10H2. The van der Waals surface area contributed by atoms with Gasteiger partial charge < -0.3 is 9.64 Å². The number of ether oxygens (including phenoxy) is 1. The fourth-order valence-corrected chi connectivity index (χ4v) is 5.29. The molecule has 4 rings (SSSR count). The Morgan fingerprint density at radius 3 is 2.50 bits per heavy atom. The Labute approximate surface area is 175 Å². The molecule has 3 aromatic rings. The maximum atomic E-state index is 12.7. The van der Waals surface area contributed by atoms with Crippen molar-refractivity contribution >= 4 is 59.0 Å². The van der Waals surface area contributed by atoms with Crippen molar-refractivity contribution in [3.05, 3.63) is 57.9 Å². The van der Waals surface area contributed by atoms with Crippen LogP contribution in [0, 0.1) is 0 Å². The number of carbonyl (C=O) groups is 1. The van der Waals surface area contributed by atoms with Crippen LogP contribution in [-0.4, -0.2) is 45.5 Å². The van der Waals surface area contributed by atoms with Gasteiger partial charge in [0.05, 0.1) is 23.0 Å². The van der Waals surface area contributed by atoms with Crippen LogP contribution >= 0.6 is 27.3 Å². The van der Waals surface area contributed by atoms with E-state index in [0.29, 0.717) is 36.9 Å². The molecule has 1 aromatic heterocycles. The minimum absolute atomic E-state index is 0.0125. The highest BCUT2D eigenvalue weighted by Gasteiger charge is 2.21. The Bertz CT molecular complexity index is 1120. The first-order valence-corrected chi connectivity index (χ1v) is 11.7. The number of hydrogen-bond acceptors (Lipinski definition) is 5. The van der Waals surface area contributed by atoms with E-state index in [-0.39, 0.29) is 10.8 Å². The maximum Gasteiger partial charge on any atom is 0.264 e. The average molecular weight is 481 g/mol. The number of thiophene rings is 1. The van der Waals surface area contributed by atoms with E-state index in [2.05, 4.69) is 20.7 Å². The predicted octanol–water partition coefficient (Wildman–Crippen LogP) is 3.94. The molecule has 6 nitrogen and oxygen atoms in total. The molecule has 1 amide bonds. The third-order valence-electron chi connectivity index (χ3n) is 4.40. The summed E-state index contributed by atoms with van der Waals surface area (Å²) in [6, 6.07) is 13.5. The molecule has 0 aliphatic carbocycles. The van der Waals surface area contributed by atoms with Crippen LogP contribution in [0.4, 0.5) is 5.69 Å². The van der Waals surface area contributed by atoms with Gasteiger partial charge in [0.2, 0.25) is 0 Å². The molecule has 146 valence electrons. The molecule has 2 heterocycles. The van der Waals surface area contributed by atoms with Crippen molar-refractivity contribution in [2.45, 2.75) is 4.90 Å². The number of anilines is 1. The molecule has 1 aliphatic rings. The molecule has 0 spiro atoms. The number of hydrogen-bond donors (Lipinski definition) is 1. The first kappa shape index (κ1) is 19.4. The van der Waals surface area contributed by atoms with Crippen LogP contribution in [0.25, 0.3) is 10.1 Å². The van der Waals surface area contributed by atoms with Crippen LogP contribution in [0.1, 0.15) is 9.67 Å². The Balaban J connectivity index is 1.57. The number of benzene rings is 2. The van der Waals surface area contributed by atoms with E-state index in [1.807, 2.05) is 12.1 Å². The zero-order valence-electron chi connectivity index (χ0n) is 14.7. The van der Waals surface area contributed by atoms with E-state index < -0.39 is 10.0 Å². The zero-order chi connectivity index (χ0) is 19.7. The van der Waals surface area contributed by atoms with Gasteiger partial charge in [-0.05, 0) is 53.9 Å². The normalized spacial score (nSPS) is 15.0. The van der Waals surface area contributed by atoms with Crippen LogP contribution in [0.5, 0.6) is 0 Å². The largest absolute Gasteiger partial charge is 0.378 e. The van der Waals surface area contributed by atoms with E-state index >= 15 is 0 Å². The van der Waals surface area contributed by atoms with Crippen LogP contribution in [0.15, 0.2) is 57.9 Å². The molecule has 1 aliphatic heterocycles. The Morgan fingerprint density at radius 1 is 1.07 bits per heavy atom. The fraction of sp³-hybridized carbons (Fsp3) is 0.211. The monoisotopic (exact) mass is 480 g/mol. The number of nitrogens with zero attached hydrogens (tertiary/aromatic N) is 1. The number of halogens is 1. The van der Waals surface area contributed by atoms with Gasteiger partial charge in [0.25, 0.3) is 15.9 Å². The molecular weight excluding hydrogens is 464 g/mol. The van der Waals surface area contributed by atoms with Gasteiger partial charge in [-0.2, -0.15) is 0 Å². The lowest BCUT2D eigenvalue weighted by atomic mass is 10.2. The second-order valence-electron chi connectivity index (χ2n) is 6.33. The van der Waals surface area contributed by atoms with Gasteiger partial charge in [0.15, 0.2) is 0 Å². The predicted molar refractivity (Wildman–Crippen MR) is 113 cm³/mol. The summed E-state index contributed by atoms with van der Waals surface area (Å²) in [4.78, 5) is 15.3. The summed E-state index contributed by atoms with van der Waals surface area (Å²) in [6.45, 7) is 2.29. The van der Waals surface area contributed by atoms with Gasteiger partial charge in [-0.3, -0.25) is 9.52 Å². The van der Waals surface area contributed by atoms with E-state index in [1.54, 1.807) is 29.2 Å². The second kappa shape index (κ2) is 7.82. The molecule has 0 radical (unpaired) electrons. The summed E-state index contributed by atoms with van der Waals surface area (Å²) in [5.41, 5.74) is 0.457. The molecule has 0 bridgehead atoms. The minimum atomic E-state index is -3.68. The number of rotatable bonds is 4. The van der Waals surface area contributed by atoms with Gasteiger partial charge in [0, 0.05) is 27.9 Å². The second-order valence-corrected chi connectivity index (χ2v) is 10.0. The van der Waals surface area contributed by atoms with Crippen LogP contribution in [-0.2, 0) is 14.8 Å². The highest BCUT2D eigenvalue weighted by molar-refractivity contribution is 9.10. The summed E-state index contributed by atoms with van der Waals surface area (Å²) in [6.07, 6.45) is 0. The molecule has 0 saturated carbocycles. The topological polar surface area (TPSA) is 75.7 Å². The van der Waals surface area contributed by atoms with Crippen molar-refractivity contribution in [1.29, 1.82) is 0 Å². The molecule has 9 heteroatoms. The Hall–Kier alpha value is -1.94. The van der Waals surface area contributed by atoms with Crippen LogP contribution in [0.3, 0.4) is 0 Å². The number of carbonyl (C=O) groups excluding carboxylic acids is 1. The van der Waals surface area contributed by atoms with Gasteiger partial charge in [0.1, 0.15) is 0 Å². The summed E-state index contributed by atoms with van der Waals surface area (Å²) in [5, 5.41) is 0.831. The highest BCUT2D eigenvalue weighted by Crippen LogP contribution is 2.30. The van der Waals surface area contributed by atoms with E-state index in [1.165, 1.54) is 23.5 Å². The molecule has 1 saturated heterocycles. The summed E-state index contributed by atoms with van der Waals surface area (Å²) in [5.74, 6) is -0.0125. The van der Waals surface area contributed by atoms with Crippen molar-refractivity contribution in [2.24, 2.45) is 0 Å². The minimum Gasteiger partial charge on any atom is -0.378 e. The summed E-state index contributed by atoms with van der Waals surface area (Å²) in [7, 11) is -3.68. The van der Waals surface area contributed by atoms with E-state index in [4.69, 9.17) is 4.74 Å². The molecular formula is C19H17BrN2O4S2. The fourth-order valence-electron chi connectivity index (χ4n) is 2.96. The molecule has 2 aromatic carbocycles. The van der Waals surface area contributed by atoms with Crippen molar-refractivity contribution in [2.75, 3.05) is 31.0 Å². The Kier molecular flexibility index (Phi) is 5.42. The third kappa shape index (κ3) is 4.07. The lowest BCUT2D eigenvalue weighted by Crippen LogP contribution is -2.40. The lowest BCUT2D eigenvalue weighted by molar-refractivity contribution is 0.0306. The summed E-state index contributed by atoms with van der Waals surface area (Å²) >= 11 is 4.71. The average Bonchev–Trinajstić information content (AvgIpc) is 3.11. The van der Waals surface area contributed by atoms with Crippen LogP contribution in [0.2, 0.25) is 0 Å². The smallest absolute Gasteiger partial charge is 0.264 e. The molecule has 0 unspecified atom stereocenters. The third-order valence-corrected chi connectivity index (χ3v) is 7.43. The van der Waals surface area contributed by atoms with E-state index in [0.717, 1.165) is 14.6 Å². The van der Waals surface area contributed by atoms with Gasteiger partial charge in [-0.1, -0.05) is 15.9 Å². The van der Waals surface area contributed by atoms with Crippen LogP contribution < -0.4 is 4.72 Å². The number of fused-ring (bicyclic) bond motifs is 1. The molecule has 1 N–H and O–H groups in total. The highest BCUT2D eigenvalue weighted by atomic mass is 79.9. The van der Waals surface area contributed by atoms with Crippen molar-refractivity contribution in [1.82, 2.24) is 4.90 Å². The number of amides is 1.